The molecule has 2 aromatic rings. The summed E-state index contributed by atoms with van der Waals surface area (Å²) in [6.07, 6.45) is 0.965. The Morgan fingerprint density at radius 1 is 1.33 bits per heavy atom. The summed E-state index contributed by atoms with van der Waals surface area (Å²) in [5, 5.41) is 4.46. The van der Waals surface area contributed by atoms with Crippen molar-refractivity contribution in [1.82, 2.24) is 19.6 Å². The maximum atomic E-state index is 13.0. The van der Waals surface area contributed by atoms with Gasteiger partial charge in [0.05, 0.1) is 18.8 Å². The minimum atomic E-state index is 0.0133. The lowest BCUT2D eigenvalue weighted by Crippen LogP contribution is -2.46. The molecule has 146 valence electrons. The molecule has 0 radical (unpaired) electrons. The van der Waals surface area contributed by atoms with Gasteiger partial charge in [-0.05, 0) is 44.5 Å². The summed E-state index contributed by atoms with van der Waals surface area (Å²) < 4.78 is 7.19. The average Bonchev–Trinajstić information content (AvgIpc) is 3.02. The number of aromatic nitrogens is 2. The number of hydrogen-bond acceptors (Lipinski definition) is 4. The second-order valence-corrected chi connectivity index (χ2v) is 7.32. The lowest BCUT2D eigenvalue weighted by molar-refractivity contribution is 0.0716. The predicted octanol–water partition coefficient (Wildman–Crippen LogP) is 2.36. The number of carbonyl (C=O) groups is 1. The van der Waals surface area contributed by atoms with Gasteiger partial charge in [0.1, 0.15) is 5.69 Å². The van der Waals surface area contributed by atoms with Crippen LogP contribution in [0.1, 0.15) is 34.2 Å². The second-order valence-electron chi connectivity index (χ2n) is 7.32. The van der Waals surface area contributed by atoms with Crippen LogP contribution in [-0.2, 0) is 24.2 Å². The van der Waals surface area contributed by atoms with Crippen molar-refractivity contribution in [3.05, 3.63) is 52.8 Å². The molecule has 0 N–H and O–H groups in total. The van der Waals surface area contributed by atoms with Crippen molar-refractivity contribution in [3.8, 4) is 0 Å². The van der Waals surface area contributed by atoms with Crippen LogP contribution < -0.4 is 0 Å². The van der Waals surface area contributed by atoms with E-state index in [0.717, 1.165) is 18.7 Å². The highest BCUT2D eigenvalue weighted by Crippen LogP contribution is 2.22. The predicted molar refractivity (Wildman–Crippen MR) is 106 cm³/mol. The van der Waals surface area contributed by atoms with Gasteiger partial charge in [-0.2, -0.15) is 5.10 Å². The van der Waals surface area contributed by atoms with E-state index in [1.807, 2.05) is 31.9 Å². The van der Waals surface area contributed by atoms with E-state index in [9.17, 15) is 4.79 Å². The van der Waals surface area contributed by atoms with Crippen LogP contribution in [0.3, 0.4) is 0 Å². The van der Waals surface area contributed by atoms with Gasteiger partial charge < -0.3 is 9.64 Å². The van der Waals surface area contributed by atoms with E-state index < -0.39 is 0 Å². The van der Waals surface area contributed by atoms with Gasteiger partial charge in [0, 0.05) is 32.8 Å². The third kappa shape index (κ3) is 4.57. The molecule has 0 fully saturated rings. The Morgan fingerprint density at radius 2 is 2.07 bits per heavy atom. The van der Waals surface area contributed by atoms with Crippen molar-refractivity contribution in [2.45, 2.75) is 39.4 Å². The number of nitrogens with zero attached hydrogens (tertiary/aromatic N) is 4. The fourth-order valence-corrected chi connectivity index (χ4v) is 3.70. The maximum Gasteiger partial charge on any atom is 0.271 e. The zero-order chi connectivity index (χ0) is 19.4. The van der Waals surface area contributed by atoms with E-state index in [1.54, 1.807) is 4.68 Å². The number of benzene rings is 1. The van der Waals surface area contributed by atoms with Crippen LogP contribution in [0.2, 0.25) is 0 Å². The summed E-state index contributed by atoms with van der Waals surface area (Å²) in [6.45, 7) is 7.32. The Bertz CT molecular complexity index is 786. The first-order chi connectivity index (χ1) is 13.0. The first-order valence-corrected chi connectivity index (χ1v) is 9.64. The molecule has 1 aromatic heterocycles. The minimum Gasteiger partial charge on any atom is -0.380 e. The summed E-state index contributed by atoms with van der Waals surface area (Å²) in [5.74, 6) is 0.0133. The van der Waals surface area contributed by atoms with E-state index in [1.165, 1.54) is 11.1 Å². The van der Waals surface area contributed by atoms with Crippen LogP contribution in [0.5, 0.6) is 0 Å². The molecule has 1 aromatic carbocycles. The van der Waals surface area contributed by atoms with Crippen molar-refractivity contribution in [2.24, 2.45) is 0 Å². The van der Waals surface area contributed by atoms with E-state index in [2.05, 4.69) is 41.3 Å². The number of fused-ring (bicyclic) bond motifs is 1. The largest absolute Gasteiger partial charge is 0.380 e. The van der Waals surface area contributed by atoms with Gasteiger partial charge in [-0.15, -0.1) is 0 Å². The molecule has 0 spiro atoms. The van der Waals surface area contributed by atoms with Crippen molar-refractivity contribution >= 4 is 5.91 Å². The van der Waals surface area contributed by atoms with Crippen LogP contribution in [-0.4, -0.2) is 65.4 Å². The number of amides is 1. The topological polar surface area (TPSA) is 50.6 Å². The molecule has 3 rings (SSSR count). The van der Waals surface area contributed by atoms with Gasteiger partial charge in [-0.1, -0.05) is 24.3 Å². The number of hydrogen-bond donors (Lipinski definition) is 0. The summed E-state index contributed by atoms with van der Waals surface area (Å²) >= 11 is 0. The van der Waals surface area contributed by atoms with Gasteiger partial charge in [0.15, 0.2) is 0 Å². The Morgan fingerprint density at radius 3 is 2.81 bits per heavy atom. The fraction of sp³-hybridized carbons (Fsp3) is 0.524. The molecule has 1 amide bonds. The average molecular weight is 370 g/mol. The van der Waals surface area contributed by atoms with Gasteiger partial charge in [-0.3, -0.25) is 14.4 Å². The normalized spacial score (nSPS) is 17.0. The highest BCUT2D eigenvalue weighted by atomic mass is 16.5. The Balaban J connectivity index is 1.68. The molecule has 0 saturated heterocycles. The molecule has 1 aliphatic heterocycles. The van der Waals surface area contributed by atoms with Crippen LogP contribution in [0, 0.1) is 6.92 Å². The maximum absolute atomic E-state index is 13.0. The lowest BCUT2D eigenvalue weighted by Gasteiger charge is -2.36. The zero-order valence-corrected chi connectivity index (χ0v) is 16.8. The molecule has 1 aliphatic rings. The summed E-state index contributed by atoms with van der Waals surface area (Å²) in [7, 11) is 4.02. The number of likely N-dealkylation sites (N-methyl/N-ethyl adjacent to an activating group) is 2. The van der Waals surface area contributed by atoms with E-state index >= 15 is 0 Å². The highest BCUT2D eigenvalue weighted by molar-refractivity contribution is 5.92. The molecule has 0 aliphatic carbocycles. The quantitative estimate of drug-likeness (QED) is 0.702. The Hall–Kier alpha value is -2.18. The molecule has 0 bridgehead atoms. The number of rotatable bonds is 7. The van der Waals surface area contributed by atoms with Crippen LogP contribution in [0.25, 0.3) is 0 Å². The second kappa shape index (κ2) is 8.67. The van der Waals surface area contributed by atoms with Crippen molar-refractivity contribution in [3.63, 3.8) is 0 Å². The Labute approximate surface area is 161 Å². The molecular weight excluding hydrogens is 340 g/mol. The standard InChI is InChI=1S/C21H30N4O2/c1-5-27-11-10-25-20(12-16(2)22-25)21(26)24(4)15-19-13-17-8-6-7-9-18(17)14-23(19)3/h6-9,12,19H,5,10-11,13-15H2,1-4H3/t19-/m0/s1. The lowest BCUT2D eigenvalue weighted by atomic mass is 9.94. The third-order valence-corrected chi connectivity index (χ3v) is 5.22. The molecule has 6 heteroatoms. The van der Waals surface area contributed by atoms with Crippen molar-refractivity contribution in [1.29, 1.82) is 0 Å². The Kier molecular flexibility index (Phi) is 6.29. The monoisotopic (exact) mass is 370 g/mol. The SMILES string of the molecule is CCOCCn1nc(C)cc1C(=O)N(C)C[C@@H]1Cc2ccccc2CN1C. The minimum absolute atomic E-state index is 0.0133. The fourth-order valence-electron chi connectivity index (χ4n) is 3.70. The van der Waals surface area contributed by atoms with E-state index in [-0.39, 0.29) is 5.91 Å². The highest BCUT2D eigenvalue weighted by Gasteiger charge is 2.27. The van der Waals surface area contributed by atoms with Crippen LogP contribution >= 0.6 is 0 Å². The molecule has 6 nitrogen and oxygen atoms in total. The first kappa shape index (κ1) is 19.6. The molecule has 2 heterocycles. The third-order valence-electron chi connectivity index (χ3n) is 5.22. The van der Waals surface area contributed by atoms with Gasteiger partial charge in [-0.25, -0.2) is 0 Å². The first-order valence-electron chi connectivity index (χ1n) is 9.64. The summed E-state index contributed by atoms with van der Waals surface area (Å²) in [4.78, 5) is 17.2. The summed E-state index contributed by atoms with van der Waals surface area (Å²) in [6, 6.07) is 10.8. The number of carbonyl (C=O) groups excluding carboxylic acids is 1. The van der Waals surface area contributed by atoms with Crippen LogP contribution in [0.4, 0.5) is 0 Å². The molecule has 1 atom stereocenters. The number of aryl methyl sites for hydroxylation is 1. The van der Waals surface area contributed by atoms with Crippen LogP contribution in [0.15, 0.2) is 30.3 Å². The number of ether oxygens (including phenoxy) is 1. The molecule has 0 unspecified atom stereocenters. The summed E-state index contributed by atoms with van der Waals surface area (Å²) in [5.41, 5.74) is 4.26. The molecule has 27 heavy (non-hydrogen) atoms. The van der Waals surface area contributed by atoms with Gasteiger partial charge in [0.2, 0.25) is 0 Å². The van der Waals surface area contributed by atoms with E-state index in [0.29, 0.717) is 38.0 Å². The van der Waals surface area contributed by atoms with Gasteiger partial charge >= 0.3 is 0 Å². The van der Waals surface area contributed by atoms with Crippen molar-refractivity contribution in [2.75, 3.05) is 33.9 Å². The van der Waals surface area contributed by atoms with Gasteiger partial charge in [0.25, 0.3) is 5.91 Å². The van der Waals surface area contributed by atoms with E-state index in [4.69, 9.17) is 4.74 Å². The molecule has 0 saturated carbocycles. The zero-order valence-electron chi connectivity index (χ0n) is 16.8. The smallest absolute Gasteiger partial charge is 0.271 e. The van der Waals surface area contributed by atoms with Crippen molar-refractivity contribution < 1.29 is 9.53 Å². The molecular formula is C21H30N4O2.